The van der Waals surface area contributed by atoms with E-state index in [2.05, 4.69) is 14.9 Å². The third kappa shape index (κ3) is 4.81. The van der Waals surface area contributed by atoms with E-state index in [-0.39, 0.29) is 17.9 Å². The van der Waals surface area contributed by atoms with Crippen molar-refractivity contribution in [2.75, 3.05) is 46.9 Å². The average Bonchev–Trinajstić information content (AvgIpc) is 3.29. The molecule has 0 spiro atoms. The summed E-state index contributed by atoms with van der Waals surface area (Å²) in [7, 11) is 3.42. The molecule has 2 amide bonds. The number of likely N-dealkylation sites (tertiary alicyclic amines) is 1. The molecule has 2 aliphatic heterocycles. The van der Waals surface area contributed by atoms with E-state index < -0.39 is 0 Å². The Labute approximate surface area is 189 Å². The summed E-state index contributed by atoms with van der Waals surface area (Å²) < 4.78 is 5.41. The Hall–Kier alpha value is -2.84. The molecule has 0 aliphatic carbocycles. The molecule has 2 saturated heterocycles. The number of aromatic nitrogens is 2. The quantitative estimate of drug-likeness (QED) is 0.714. The second kappa shape index (κ2) is 9.75. The number of hydrogen-bond donors (Lipinski definition) is 0. The summed E-state index contributed by atoms with van der Waals surface area (Å²) in [6.45, 7) is 6.80. The van der Waals surface area contributed by atoms with Crippen LogP contribution in [0.25, 0.3) is 0 Å². The summed E-state index contributed by atoms with van der Waals surface area (Å²) in [5, 5.41) is 0. The molecule has 1 aromatic heterocycles. The van der Waals surface area contributed by atoms with Crippen LogP contribution >= 0.6 is 0 Å². The summed E-state index contributed by atoms with van der Waals surface area (Å²) in [5.41, 5.74) is 3.01. The molecule has 2 fully saturated rings. The number of morpholine rings is 1. The summed E-state index contributed by atoms with van der Waals surface area (Å²) in [6, 6.07) is 7.74. The molecule has 1 atom stereocenters. The number of aryl methyl sites for hydroxylation is 1. The van der Waals surface area contributed by atoms with Gasteiger partial charge in [-0.2, -0.15) is 0 Å². The first-order valence-electron chi connectivity index (χ1n) is 11.2. The van der Waals surface area contributed by atoms with Gasteiger partial charge in [-0.1, -0.05) is 12.1 Å². The van der Waals surface area contributed by atoms with Gasteiger partial charge in [0.2, 0.25) is 0 Å². The van der Waals surface area contributed by atoms with Crippen LogP contribution in [0.2, 0.25) is 0 Å². The van der Waals surface area contributed by atoms with E-state index in [1.165, 1.54) is 10.5 Å². The van der Waals surface area contributed by atoms with Gasteiger partial charge < -0.3 is 14.5 Å². The van der Waals surface area contributed by atoms with Gasteiger partial charge in [0.25, 0.3) is 11.8 Å². The fourth-order valence-electron chi connectivity index (χ4n) is 4.31. The van der Waals surface area contributed by atoms with Crippen LogP contribution in [0.3, 0.4) is 0 Å². The Balaban J connectivity index is 1.46. The van der Waals surface area contributed by atoms with Crippen LogP contribution in [0.5, 0.6) is 0 Å². The molecule has 2 aliphatic rings. The number of carbonyl (C=O) groups excluding carboxylic acids is 2. The maximum Gasteiger partial charge on any atom is 0.256 e. The Morgan fingerprint density at radius 1 is 1.12 bits per heavy atom. The number of amides is 2. The largest absolute Gasteiger partial charge is 0.379 e. The Morgan fingerprint density at radius 2 is 1.84 bits per heavy atom. The number of rotatable bonds is 5. The topological polar surface area (TPSA) is 78.9 Å². The predicted molar refractivity (Wildman–Crippen MR) is 120 cm³/mol. The Morgan fingerprint density at radius 3 is 2.50 bits per heavy atom. The lowest BCUT2D eigenvalue weighted by atomic mass is 10.1. The molecular weight excluding hydrogens is 406 g/mol. The van der Waals surface area contributed by atoms with Crippen molar-refractivity contribution in [1.82, 2.24) is 24.7 Å². The molecule has 32 heavy (non-hydrogen) atoms. The van der Waals surface area contributed by atoms with Crippen molar-refractivity contribution in [3.63, 3.8) is 0 Å². The zero-order valence-corrected chi connectivity index (χ0v) is 19.1. The molecule has 8 nitrogen and oxygen atoms in total. The summed E-state index contributed by atoms with van der Waals surface area (Å²) in [6.07, 6.45) is 3.31. The standard InChI is InChI=1S/C24H31N5O3/c1-17-20(24(31)27(2)3)15-25-22(26-17)21-5-4-10-29(21)23(30)19-8-6-18(7-9-19)16-28-11-13-32-14-12-28/h6-9,15,21H,4-5,10-14,16H2,1-3H3/t21-/m1/s1. The van der Waals surface area contributed by atoms with Gasteiger partial charge in [0.05, 0.1) is 30.5 Å². The molecule has 0 N–H and O–H groups in total. The highest BCUT2D eigenvalue weighted by Gasteiger charge is 2.33. The van der Waals surface area contributed by atoms with Crippen molar-refractivity contribution in [1.29, 1.82) is 0 Å². The number of benzene rings is 1. The molecule has 0 saturated carbocycles. The van der Waals surface area contributed by atoms with Crippen LogP contribution in [0.4, 0.5) is 0 Å². The highest BCUT2D eigenvalue weighted by molar-refractivity contribution is 5.95. The smallest absolute Gasteiger partial charge is 0.256 e. The van der Waals surface area contributed by atoms with E-state index in [4.69, 9.17) is 4.74 Å². The second-order valence-electron chi connectivity index (χ2n) is 8.67. The molecule has 170 valence electrons. The van der Waals surface area contributed by atoms with Crippen molar-refractivity contribution in [2.45, 2.75) is 32.4 Å². The Kier molecular flexibility index (Phi) is 6.81. The van der Waals surface area contributed by atoms with E-state index in [9.17, 15) is 9.59 Å². The lowest BCUT2D eigenvalue weighted by Gasteiger charge is -2.27. The highest BCUT2D eigenvalue weighted by Crippen LogP contribution is 2.31. The van der Waals surface area contributed by atoms with E-state index in [0.29, 0.717) is 29.2 Å². The van der Waals surface area contributed by atoms with Crippen LogP contribution in [0, 0.1) is 6.92 Å². The van der Waals surface area contributed by atoms with Crippen LogP contribution in [-0.4, -0.2) is 83.4 Å². The fraction of sp³-hybridized carbons (Fsp3) is 0.500. The molecule has 0 bridgehead atoms. The molecule has 3 heterocycles. The highest BCUT2D eigenvalue weighted by atomic mass is 16.5. The molecule has 0 unspecified atom stereocenters. The third-order valence-corrected chi connectivity index (χ3v) is 6.16. The van der Waals surface area contributed by atoms with Crippen LogP contribution < -0.4 is 0 Å². The van der Waals surface area contributed by atoms with E-state index in [1.54, 1.807) is 20.3 Å². The van der Waals surface area contributed by atoms with Crippen LogP contribution in [0.1, 0.15) is 56.7 Å². The van der Waals surface area contributed by atoms with Crippen molar-refractivity contribution in [2.24, 2.45) is 0 Å². The lowest BCUT2D eigenvalue weighted by molar-refractivity contribution is 0.0342. The van der Waals surface area contributed by atoms with Gasteiger partial charge >= 0.3 is 0 Å². The molecule has 1 aromatic carbocycles. The first-order chi connectivity index (χ1) is 15.4. The van der Waals surface area contributed by atoms with Crippen molar-refractivity contribution in [3.8, 4) is 0 Å². The summed E-state index contributed by atoms with van der Waals surface area (Å²) >= 11 is 0. The average molecular weight is 438 g/mol. The van der Waals surface area contributed by atoms with Gasteiger partial charge in [-0.3, -0.25) is 14.5 Å². The molecule has 4 rings (SSSR count). The van der Waals surface area contributed by atoms with Gasteiger partial charge in [0.15, 0.2) is 5.82 Å². The van der Waals surface area contributed by atoms with Gasteiger partial charge in [-0.05, 0) is 37.5 Å². The predicted octanol–water partition coefficient (Wildman–Crippen LogP) is 2.30. The molecular formula is C24H31N5O3. The molecule has 2 aromatic rings. The zero-order chi connectivity index (χ0) is 22.7. The van der Waals surface area contributed by atoms with Crippen molar-refractivity contribution < 1.29 is 14.3 Å². The number of nitrogens with zero attached hydrogens (tertiary/aromatic N) is 5. The third-order valence-electron chi connectivity index (χ3n) is 6.16. The Bertz CT molecular complexity index is 970. The van der Waals surface area contributed by atoms with Gasteiger partial charge in [0.1, 0.15) is 0 Å². The maximum atomic E-state index is 13.3. The van der Waals surface area contributed by atoms with E-state index >= 15 is 0 Å². The van der Waals surface area contributed by atoms with E-state index in [1.807, 2.05) is 36.1 Å². The summed E-state index contributed by atoms with van der Waals surface area (Å²) in [5.74, 6) is 0.485. The lowest BCUT2D eigenvalue weighted by Crippen LogP contribution is -2.35. The SMILES string of the molecule is Cc1nc([C@H]2CCCN2C(=O)c2ccc(CN3CCOCC3)cc2)ncc1C(=O)N(C)C. The fourth-order valence-corrected chi connectivity index (χ4v) is 4.31. The monoisotopic (exact) mass is 437 g/mol. The minimum atomic E-state index is -0.169. The number of ether oxygens (including phenoxy) is 1. The normalized spacial score (nSPS) is 19.2. The number of hydrogen-bond acceptors (Lipinski definition) is 6. The van der Waals surface area contributed by atoms with Crippen molar-refractivity contribution >= 4 is 11.8 Å². The first kappa shape index (κ1) is 22.4. The maximum absolute atomic E-state index is 13.3. The van der Waals surface area contributed by atoms with Gasteiger partial charge in [-0.15, -0.1) is 0 Å². The van der Waals surface area contributed by atoms with Gasteiger partial charge in [0, 0.05) is 52.0 Å². The van der Waals surface area contributed by atoms with Gasteiger partial charge in [-0.25, -0.2) is 9.97 Å². The second-order valence-corrected chi connectivity index (χ2v) is 8.67. The van der Waals surface area contributed by atoms with Crippen molar-refractivity contribution in [3.05, 3.63) is 58.7 Å². The van der Waals surface area contributed by atoms with E-state index in [0.717, 1.165) is 45.7 Å². The van der Waals surface area contributed by atoms with Crippen LogP contribution in [0.15, 0.2) is 30.5 Å². The first-order valence-corrected chi connectivity index (χ1v) is 11.2. The minimum Gasteiger partial charge on any atom is -0.379 e. The summed E-state index contributed by atoms with van der Waals surface area (Å²) in [4.78, 5) is 40.3. The minimum absolute atomic E-state index is 0.000111. The molecule has 8 heteroatoms. The number of carbonyl (C=O) groups is 2. The molecule has 0 radical (unpaired) electrons. The van der Waals surface area contributed by atoms with Crippen LogP contribution in [-0.2, 0) is 11.3 Å². The zero-order valence-electron chi connectivity index (χ0n) is 19.1.